The van der Waals surface area contributed by atoms with Crippen LogP contribution in [-0.4, -0.2) is 81.4 Å². The molecule has 34 heavy (non-hydrogen) atoms. The van der Waals surface area contributed by atoms with E-state index >= 15 is 0 Å². The maximum Gasteiger partial charge on any atom is 0.326 e. The molecule has 0 saturated heterocycles. The Morgan fingerprint density at radius 2 is 1.44 bits per heavy atom. The van der Waals surface area contributed by atoms with Crippen molar-refractivity contribution in [3.05, 3.63) is 29.8 Å². The number of rotatable bonds is 14. The molecule has 0 fully saturated rings. The topological polar surface area (TPSA) is 234 Å². The van der Waals surface area contributed by atoms with Gasteiger partial charge in [-0.05, 0) is 30.5 Å². The second-order valence-corrected chi connectivity index (χ2v) is 7.73. The summed E-state index contributed by atoms with van der Waals surface area (Å²) in [7, 11) is 0. The molecule has 10 N–H and O–H groups in total. The van der Waals surface area contributed by atoms with E-state index in [1.54, 1.807) is 12.1 Å². The van der Waals surface area contributed by atoms with E-state index in [4.69, 9.17) is 11.5 Å². The first-order valence-electron chi connectivity index (χ1n) is 10.2. The summed E-state index contributed by atoms with van der Waals surface area (Å²) in [6.45, 7) is -0.805. The summed E-state index contributed by atoms with van der Waals surface area (Å²) in [6, 6.07) is 0.749. The number of nitrogens with two attached hydrogens (primary N) is 2. The number of aliphatic hydroxyl groups is 1. The molecule has 0 heterocycles. The second-order valence-electron chi connectivity index (χ2n) is 7.37. The van der Waals surface area contributed by atoms with Gasteiger partial charge in [-0.3, -0.25) is 19.2 Å². The number of carbonyl (C=O) groups is 5. The number of phenolic OH excluding ortho intramolecular Hbond substituents is 1. The van der Waals surface area contributed by atoms with Crippen molar-refractivity contribution in [3.8, 4) is 5.75 Å². The van der Waals surface area contributed by atoms with Gasteiger partial charge in [0.15, 0.2) is 0 Å². The van der Waals surface area contributed by atoms with Gasteiger partial charge in [0.2, 0.25) is 23.6 Å². The summed E-state index contributed by atoms with van der Waals surface area (Å²) in [5.41, 5.74) is 11.5. The van der Waals surface area contributed by atoms with E-state index in [1.807, 2.05) is 0 Å². The lowest BCUT2D eigenvalue weighted by molar-refractivity contribution is -0.142. The van der Waals surface area contributed by atoms with Gasteiger partial charge in [0.05, 0.1) is 12.6 Å². The highest BCUT2D eigenvalue weighted by molar-refractivity contribution is 7.80. The maximum atomic E-state index is 12.5. The number of hydrogen-bond acceptors (Lipinski definition) is 9. The molecule has 4 atom stereocenters. The number of hydrogen-bond donors (Lipinski definition) is 9. The molecule has 188 valence electrons. The van der Waals surface area contributed by atoms with Gasteiger partial charge in [-0.15, -0.1) is 0 Å². The van der Waals surface area contributed by atoms with Crippen molar-refractivity contribution in [1.29, 1.82) is 0 Å². The van der Waals surface area contributed by atoms with Crippen LogP contribution in [0.5, 0.6) is 5.75 Å². The number of phenols is 1. The van der Waals surface area contributed by atoms with Crippen LogP contribution >= 0.6 is 12.6 Å². The minimum Gasteiger partial charge on any atom is -0.508 e. The fourth-order valence-electron chi connectivity index (χ4n) is 2.73. The van der Waals surface area contributed by atoms with Crippen molar-refractivity contribution < 1.29 is 39.3 Å². The molecule has 0 aliphatic carbocycles. The molecule has 0 aliphatic rings. The van der Waals surface area contributed by atoms with Crippen LogP contribution in [0.3, 0.4) is 0 Å². The zero-order chi connectivity index (χ0) is 25.8. The number of amides is 4. The number of benzene rings is 1. The number of primary amides is 1. The third-order valence-electron chi connectivity index (χ3n) is 4.65. The highest BCUT2D eigenvalue weighted by Crippen LogP contribution is 2.11. The number of carbonyl (C=O) groups excluding carboxylic acids is 4. The summed E-state index contributed by atoms with van der Waals surface area (Å²) in [6.07, 6.45) is -0.439. The van der Waals surface area contributed by atoms with Crippen molar-refractivity contribution in [2.75, 3.05) is 12.4 Å². The Hall–Kier alpha value is -3.36. The predicted octanol–water partition coefficient (Wildman–Crippen LogP) is -3.01. The molecule has 0 bridgehead atoms. The Balaban J connectivity index is 2.71. The first-order chi connectivity index (χ1) is 16.0. The average Bonchev–Trinajstić information content (AvgIpc) is 2.78. The number of thiol groups is 1. The van der Waals surface area contributed by atoms with Crippen LogP contribution in [0.25, 0.3) is 0 Å². The van der Waals surface area contributed by atoms with Crippen LogP contribution in [0.15, 0.2) is 24.3 Å². The van der Waals surface area contributed by atoms with Crippen LogP contribution in [0.4, 0.5) is 0 Å². The lowest BCUT2D eigenvalue weighted by Gasteiger charge is -2.23. The van der Waals surface area contributed by atoms with Gasteiger partial charge in [-0.1, -0.05) is 12.1 Å². The Morgan fingerprint density at radius 1 is 0.912 bits per heavy atom. The Bertz CT molecular complexity index is 882. The summed E-state index contributed by atoms with van der Waals surface area (Å²) < 4.78 is 0. The molecular formula is C20H29N5O8S. The highest BCUT2D eigenvalue weighted by atomic mass is 32.1. The maximum absolute atomic E-state index is 12.5. The van der Waals surface area contributed by atoms with Gasteiger partial charge in [-0.25, -0.2) is 4.79 Å². The Kier molecular flexibility index (Phi) is 11.8. The van der Waals surface area contributed by atoms with Crippen LogP contribution in [0.1, 0.15) is 18.4 Å². The fraction of sp³-hybridized carbons (Fsp3) is 0.450. The van der Waals surface area contributed by atoms with E-state index < -0.39 is 60.4 Å². The van der Waals surface area contributed by atoms with Crippen molar-refractivity contribution in [1.82, 2.24) is 16.0 Å². The zero-order valence-corrected chi connectivity index (χ0v) is 19.0. The van der Waals surface area contributed by atoms with Crippen molar-refractivity contribution in [3.63, 3.8) is 0 Å². The average molecular weight is 500 g/mol. The number of carboxylic acid groups (broad SMARTS) is 1. The molecule has 1 aromatic carbocycles. The Morgan fingerprint density at radius 3 is 1.94 bits per heavy atom. The third kappa shape index (κ3) is 9.64. The summed E-state index contributed by atoms with van der Waals surface area (Å²) >= 11 is 3.97. The third-order valence-corrected chi connectivity index (χ3v) is 5.02. The lowest BCUT2D eigenvalue weighted by Crippen LogP contribution is -2.58. The normalized spacial score (nSPS) is 14.2. The van der Waals surface area contributed by atoms with Gasteiger partial charge in [-0.2, -0.15) is 12.6 Å². The summed E-state index contributed by atoms with van der Waals surface area (Å²) in [5.74, 6) is -4.90. The number of nitrogens with one attached hydrogen (secondary N) is 3. The van der Waals surface area contributed by atoms with Gasteiger partial charge in [0, 0.05) is 12.2 Å². The molecular weight excluding hydrogens is 470 g/mol. The van der Waals surface area contributed by atoms with E-state index in [2.05, 4.69) is 28.6 Å². The predicted molar refractivity (Wildman–Crippen MR) is 123 cm³/mol. The minimum absolute atomic E-state index is 0.0455. The van der Waals surface area contributed by atoms with E-state index in [1.165, 1.54) is 12.1 Å². The highest BCUT2D eigenvalue weighted by Gasteiger charge is 2.29. The molecule has 4 amide bonds. The molecule has 0 radical (unpaired) electrons. The number of aromatic hydroxyl groups is 1. The largest absolute Gasteiger partial charge is 0.508 e. The smallest absolute Gasteiger partial charge is 0.326 e. The van der Waals surface area contributed by atoms with E-state index in [9.17, 15) is 39.3 Å². The Labute approximate surface area is 200 Å². The first kappa shape index (κ1) is 28.7. The van der Waals surface area contributed by atoms with Gasteiger partial charge >= 0.3 is 5.97 Å². The van der Waals surface area contributed by atoms with Crippen LogP contribution < -0.4 is 27.4 Å². The monoisotopic (exact) mass is 499 g/mol. The van der Waals surface area contributed by atoms with Crippen molar-refractivity contribution in [2.45, 2.75) is 43.4 Å². The van der Waals surface area contributed by atoms with Gasteiger partial charge in [0.25, 0.3) is 0 Å². The SMILES string of the molecule is NC(=O)CCC(NC(=O)C(CS)NC(=O)C(CO)NC(=O)C(N)Cc1ccc(O)cc1)C(=O)O. The molecule has 4 unspecified atom stereocenters. The molecule has 0 aliphatic heterocycles. The quantitative estimate of drug-likeness (QED) is 0.118. The minimum atomic E-state index is -1.45. The van der Waals surface area contributed by atoms with E-state index in [0.717, 1.165) is 0 Å². The summed E-state index contributed by atoms with van der Waals surface area (Å²) in [4.78, 5) is 59.4. The standard InChI is InChI=1S/C20H29N5O8S/c21-12(7-10-1-3-11(27)4-2-10)17(29)24-14(8-26)18(30)25-15(9-34)19(31)23-13(20(32)33)5-6-16(22)28/h1-4,12-15,26-27,34H,5-9,21H2,(H2,22,28)(H,23,31)(H,24,29)(H,25,30)(H,32,33). The molecule has 1 aromatic rings. The van der Waals surface area contributed by atoms with Crippen molar-refractivity contribution >= 4 is 42.2 Å². The zero-order valence-electron chi connectivity index (χ0n) is 18.1. The summed E-state index contributed by atoms with van der Waals surface area (Å²) in [5, 5.41) is 34.7. The van der Waals surface area contributed by atoms with Crippen LogP contribution in [-0.2, 0) is 30.4 Å². The van der Waals surface area contributed by atoms with Gasteiger partial charge in [0.1, 0.15) is 23.9 Å². The van der Waals surface area contributed by atoms with Gasteiger partial charge < -0.3 is 42.7 Å². The first-order valence-corrected chi connectivity index (χ1v) is 10.8. The molecule has 13 nitrogen and oxygen atoms in total. The van der Waals surface area contributed by atoms with E-state index in [-0.39, 0.29) is 30.8 Å². The van der Waals surface area contributed by atoms with E-state index in [0.29, 0.717) is 5.56 Å². The molecule has 0 saturated carbocycles. The van der Waals surface area contributed by atoms with Crippen LogP contribution in [0.2, 0.25) is 0 Å². The molecule has 1 rings (SSSR count). The van der Waals surface area contributed by atoms with Crippen molar-refractivity contribution in [2.24, 2.45) is 11.5 Å². The fourth-order valence-corrected chi connectivity index (χ4v) is 2.99. The number of aliphatic hydroxyl groups excluding tert-OH is 1. The number of aliphatic carboxylic acids is 1. The molecule has 0 spiro atoms. The number of carboxylic acids is 1. The molecule has 14 heteroatoms. The lowest BCUT2D eigenvalue weighted by atomic mass is 10.1. The van der Waals surface area contributed by atoms with Crippen LogP contribution in [0, 0.1) is 0 Å². The molecule has 0 aromatic heterocycles. The second kappa shape index (κ2) is 14.0.